The van der Waals surface area contributed by atoms with E-state index in [1.807, 2.05) is 19.1 Å². The van der Waals surface area contributed by atoms with Gasteiger partial charge in [-0.1, -0.05) is 19.1 Å². The molecule has 0 spiro atoms. The molecule has 0 aromatic heterocycles. The van der Waals surface area contributed by atoms with Gasteiger partial charge in [-0.2, -0.15) is 0 Å². The van der Waals surface area contributed by atoms with Gasteiger partial charge in [0.15, 0.2) is 0 Å². The molecule has 27 heavy (non-hydrogen) atoms. The highest BCUT2D eigenvalue weighted by atomic mass is 16.5. The van der Waals surface area contributed by atoms with Gasteiger partial charge in [-0.3, -0.25) is 9.69 Å². The number of amides is 1. The summed E-state index contributed by atoms with van der Waals surface area (Å²) in [5.74, 6) is 1.28. The molecule has 2 heterocycles. The van der Waals surface area contributed by atoms with E-state index >= 15 is 0 Å². The Kier molecular flexibility index (Phi) is 7.00. The van der Waals surface area contributed by atoms with Gasteiger partial charge < -0.3 is 14.5 Å². The number of hydrogen-bond donors (Lipinski definition) is 0. The molecule has 0 bridgehead atoms. The Morgan fingerprint density at radius 2 is 1.85 bits per heavy atom. The SMILES string of the molecule is CCOc1ccccc1N1CCN(C(C)C(=O)N2CCCCC2CC)CC1. The van der Waals surface area contributed by atoms with Gasteiger partial charge in [-0.15, -0.1) is 0 Å². The van der Waals surface area contributed by atoms with Crippen LogP contribution < -0.4 is 9.64 Å². The molecule has 1 aromatic carbocycles. The van der Waals surface area contributed by atoms with Gasteiger partial charge in [0.25, 0.3) is 0 Å². The normalized spacial score (nSPS) is 22.6. The Hall–Kier alpha value is -1.75. The molecule has 3 rings (SSSR count). The largest absolute Gasteiger partial charge is 0.492 e. The first-order valence-corrected chi connectivity index (χ1v) is 10.7. The zero-order valence-corrected chi connectivity index (χ0v) is 17.2. The van der Waals surface area contributed by atoms with Crippen LogP contribution in [0.25, 0.3) is 0 Å². The van der Waals surface area contributed by atoms with Gasteiger partial charge in [0.05, 0.1) is 18.3 Å². The number of likely N-dealkylation sites (tertiary alicyclic amines) is 1. The van der Waals surface area contributed by atoms with E-state index < -0.39 is 0 Å². The second-order valence-corrected chi connectivity index (χ2v) is 7.69. The Labute approximate surface area is 164 Å². The molecule has 2 atom stereocenters. The van der Waals surface area contributed by atoms with Crippen LogP contribution in [-0.4, -0.2) is 67.1 Å². The molecule has 0 N–H and O–H groups in total. The molecule has 150 valence electrons. The molecule has 0 radical (unpaired) electrons. The number of nitrogens with zero attached hydrogens (tertiary/aromatic N) is 3. The topological polar surface area (TPSA) is 36.0 Å². The maximum absolute atomic E-state index is 13.1. The summed E-state index contributed by atoms with van der Waals surface area (Å²) in [6, 6.07) is 8.67. The van der Waals surface area contributed by atoms with Crippen molar-refractivity contribution in [3.8, 4) is 5.75 Å². The highest BCUT2D eigenvalue weighted by Gasteiger charge is 2.33. The number of hydrogen-bond acceptors (Lipinski definition) is 4. The molecule has 1 aromatic rings. The molecule has 2 aliphatic heterocycles. The monoisotopic (exact) mass is 373 g/mol. The third kappa shape index (κ3) is 4.57. The second kappa shape index (κ2) is 9.45. The number of rotatable bonds is 6. The molecule has 2 saturated heterocycles. The lowest BCUT2D eigenvalue weighted by Crippen LogP contribution is -2.56. The van der Waals surface area contributed by atoms with Gasteiger partial charge in [0.2, 0.25) is 5.91 Å². The van der Waals surface area contributed by atoms with Gasteiger partial charge in [0.1, 0.15) is 5.75 Å². The second-order valence-electron chi connectivity index (χ2n) is 7.69. The third-order valence-corrected chi connectivity index (χ3v) is 6.11. The van der Waals surface area contributed by atoms with Crippen molar-refractivity contribution >= 4 is 11.6 Å². The van der Waals surface area contributed by atoms with Crippen LogP contribution in [0.15, 0.2) is 24.3 Å². The molecule has 5 nitrogen and oxygen atoms in total. The molecule has 2 unspecified atom stereocenters. The number of ether oxygens (including phenoxy) is 1. The van der Waals surface area contributed by atoms with Crippen LogP contribution >= 0.6 is 0 Å². The van der Waals surface area contributed by atoms with Crippen molar-refractivity contribution in [2.24, 2.45) is 0 Å². The standard InChI is InChI=1S/C22H35N3O2/c1-4-19-10-8-9-13-25(19)22(26)18(3)23-14-16-24(17-15-23)20-11-6-7-12-21(20)27-5-2/h6-7,11-12,18-19H,4-5,8-10,13-17H2,1-3H3. The summed E-state index contributed by atoms with van der Waals surface area (Å²) in [7, 11) is 0. The van der Waals surface area contributed by atoms with Crippen molar-refractivity contribution in [1.29, 1.82) is 0 Å². The van der Waals surface area contributed by atoms with E-state index in [2.05, 4.69) is 40.7 Å². The van der Waals surface area contributed by atoms with Crippen LogP contribution in [0.4, 0.5) is 5.69 Å². The molecule has 5 heteroatoms. The Morgan fingerprint density at radius 1 is 1.11 bits per heavy atom. The Bertz CT molecular complexity index is 613. The van der Waals surface area contributed by atoms with E-state index in [1.165, 1.54) is 12.1 Å². The highest BCUT2D eigenvalue weighted by molar-refractivity contribution is 5.82. The summed E-state index contributed by atoms with van der Waals surface area (Å²) < 4.78 is 5.79. The summed E-state index contributed by atoms with van der Waals surface area (Å²) in [6.07, 6.45) is 4.64. The van der Waals surface area contributed by atoms with Crippen molar-refractivity contribution in [1.82, 2.24) is 9.80 Å². The lowest BCUT2D eigenvalue weighted by Gasteiger charge is -2.42. The molecule has 1 amide bonds. The van der Waals surface area contributed by atoms with Gasteiger partial charge >= 0.3 is 0 Å². The smallest absolute Gasteiger partial charge is 0.239 e. The van der Waals surface area contributed by atoms with E-state index in [0.29, 0.717) is 18.6 Å². The summed E-state index contributed by atoms with van der Waals surface area (Å²) >= 11 is 0. The summed E-state index contributed by atoms with van der Waals surface area (Å²) in [4.78, 5) is 20.0. The van der Waals surface area contributed by atoms with Crippen LogP contribution in [0.2, 0.25) is 0 Å². The summed E-state index contributed by atoms with van der Waals surface area (Å²) in [5, 5.41) is 0. The minimum Gasteiger partial charge on any atom is -0.492 e. The van der Waals surface area contributed by atoms with Crippen LogP contribution in [-0.2, 0) is 4.79 Å². The zero-order valence-electron chi connectivity index (χ0n) is 17.2. The molecule has 2 aliphatic rings. The number of benzene rings is 1. The fourth-order valence-electron chi connectivity index (χ4n) is 4.46. The van der Waals surface area contributed by atoms with E-state index in [4.69, 9.17) is 4.74 Å². The third-order valence-electron chi connectivity index (χ3n) is 6.11. The average Bonchev–Trinajstić information content (AvgIpc) is 2.73. The summed E-state index contributed by atoms with van der Waals surface area (Å²) in [5.41, 5.74) is 1.17. The lowest BCUT2D eigenvalue weighted by atomic mass is 9.99. The van der Waals surface area contributed by atoms with E-state index in [9.17, 15) is 4.79 Å². The number of carbonyl (C=O) groups excluding carboxylic acids is 1. The molecule has 0 aliphatic carbocycles. The van der Waals surface area contributed by atoms with Crippen molar-refractivity contribution in [3.63, 3.8) is 0 Å². The average molecular weight is 374 g/mol. The first kappa shape index (κ1) is 20.0. The predicted molar refractivity (Wildman–Crippen MR) is 111 cm³/mol. The first-order valence-electron chi connectivity index (χ1n) is 10.7. The number of anilines is 1. The van der Waals surface area contributed by atoms with Gasteiger partial charge in [-0.25, -0.2) is 0 Å². The fraction of sp³-hybridized carbons (Fsp3) is 0.682. The van der Waals surface area contributed by atoms with Crippen LogP contribution in [0.3, 0.4) is 0 Å². The minimum atomic E-state index is -0.0264. The zero-order chi connectivity index (χ0) is 19.2. The quantitative estimate of drug-likeness (QED) is 0.766. The maximum Gasteiger partial charge on any atom is 0.239 e. The van der Waals surface area contributed by atoms with Crippen molar-refractivity contribution in [2.45, 2.75) is 58.5 Å². The Morgan fingerprint density at radius 3 is 2.56 bits per heavy atom. The predicted octanol–water partition coefficient (Wildman–Crippen LogP) is 3.39. The maximum atomic E-state index is 13.1. The molecule has 2 fully saturated rings. The van der Waals surface area contributed by atoms with Gasteiger partial charge in [-0.05, 0) is 51.7 Å². The number of para-hydroxylation sites is 2. The molecule has 0 saturated carbocycles. The van der Waals surface area contributed by atoms with Crippen molar-refractivity contribution in [3.05, 3.63) is 24.3 Å². The van der Waals surface area contributed by atoms with Crippen LogP contribution in [0.1, 0.15) is 46.5 Å². The lowest BCUT2D eigenvalue weighted by molar-refractivity contribution is -0.140. The summed E-state index contributed by atoms with van der Waals surface area (Å²) in [6.45, 7) is 11.6. The van der Waals surface area contributed by atoms with E-state index in [0.717, 1.165) is 57.7 Å². The molecular weight excluding hydrogens is 338 g/mol. The van der Waals surface area contributed by atoms with Crippen molar-refractivity contribution in [2.75, 3.05) is 44.2 Å². The molecular formula is C22H35N3O2. The highest BCUT2D eigenvalue weighted by Crippen LogP contribution is 2.29. The van der Waals surface area contributed by atoms with Crippen LogP contribution in [0, 0.1) is 0 Å². The number of piperidine rings is 1. The fourth-order valence-corrected chi connectivity index (χ4v) is 4.46. The van der Waals surface area contributed by atoms with Crippen molar-refractivity contribution < 1.29 is 9.53 Å². The van der Waals surface area contributed by atoms with Gasteiger partial charge in [0, 0.05) is 38.8 Å². The Balaban J connectivity index is 1.59. The number of carbonyl (C=O) groups is 1. The minimum absolute atomic E-state index is 0.0264. The first-order chi connectivity index (χ1) is 13.2. The number of piperazine rings is 1. The van der Waals surface area contributed by atoms with E-state index in [-0.39, 0.29) is 6.04 Å². The van der Waals surface area contributed by atoms with E-state index in [1.54, 1.807) is 0 Å². The van der Waals surface area contributed by atoms with Crippen LogP contribution in [0.5, 0.6) is 5.75 Å².